The minimum atomic E-state index is -1.28. The molecule has 0 bridgehead atoms. The van der Waals surface area contributed by atoms with E-state index in [0.717, 1.165) is 0 Å². The Balaban J connectivity index is 0.00000368. The third-order valence-corrected chi connectivity index (χ3v) is 6.97. The number of hydrogen-bond donors (Lipinski definition) is 4. The number of carboxylic acid groups (broad SMARTS) is 1. The number of aromatic nitrogens is 1. The summed E-state index contributed by atoms with van der Waals surface area (Å²) in [4.78, 5) is 25.2. The van der Waals surface area contributed by atoms with Gasteiger partial charge >= 0.3 is 35.5 Å². The van der Waals surface area contributed by atoms with Crippen molar-refractivity contribution in [2.24, 2.45) is 0 Å². The molecule has 232 valence electrons. The van der Waals surface area contributed by atoms with Gasteiger partial charge in [-0.3, -0.25) is 9.59 Å². The first-order valence-electron chi connectivity index (χ1n) is 14.0. The number of benzene rings is 3. The molecule has 4 N–H and O–H groups in total. The molecule has 3 aromatic carbocycles. The molecule has 0 saturated carbocycles. The van der Waals surface area contributed by atoms with Gasteiger partial charge in [-0.05, 0) is 67.4 Å². The predicted octanol–water partition coefficient (Wildman–Crippen LogP) is 3.66. The van der Waals surface area contributed by atoms with Crippen molar-refractivity contribution in [2.75, 3.05) is 12.4 Å². The van der Waals surface area contributed by atoms with Crippen molar-refractivity contribution in [1.29, 1.82) is 0 Å². The SMILES string of the molecule is COc1cccc(NC(=O)c2c(-c3ccc(F)cc3)c(-c3ccc(F)cc3)c(/C=C/[C@@H](O)C[C@@H](O)CC(=O)O)n2C(C)C)c1.[H-].[Na+]. The minimum Gasteiger partial charge on any atom is -1.00 e. The molecule has 0 aliphatic carbocycles. The number of carbonyl (C=O) groups is 2. The topological polar surface area (TPSA) is 121 Å². The summed E-state index contributed by atoms with van der Waals surface area (Å²) in [6.45, 7) is 3.74. The van der Waals surface area contributed by atoms with Crippen LogP contribution in [0, 0.1) is 11.6 Å². The Morgan fingerprint density at radius 3 is 2.07 bits per heavy atom. The number of anilines is 1. The van der Waals surface area contributed by atoms with Crippen molar-refractivity contribution in [1.82, 2.24) is 4.57 Å². The summed E-state index contributed by atoms with van der Waals surface area (Å²) in [6, 6.07) is 17.9. The Labute approximate surface area is 283 Å². The smallest absolute Gasteiger partial charge is 1.00 e. The molecule has 0 fully saturated rings. The van der Waals surface area contributed by atoms with E-state index in [2.05, 4.69) is 5.32 Å². The standard InChI is InChI=1S/C34H34F2N2O6.Na.H/c1-20(2)38-29(16-15-26(39)18-27(40)19-30(41)42)31(21-7-11-23(35)12-8-21)32(22-9-13-24(36)14-10-22)33(38)34(43)37-25-5-4-6-28(17-25)44-3;;/h4-17,20,26-27,39-40H,18-19H2,1-3H3,(H,37,43)(H,41,42);;/q;+1;-1/b16-15+;;/t26-,27-;;/m1../s1. The molecular formula is C34H35F2N2NaO6. The fourth-order valence-corrected chi connectivity index (χ4v) is 5.07. The number of nitrogens with zero attached hydrogens (tertiary/aromatic N) is 1. The number of hydrogen-bond acceptors (Lipinski definition) is 5. The van der Waals surface area contributed by atoms with E-state index in [4.69, 9.17) is 9.84 Å². The largest absolute Gasteiger partial charge is 1.00 e. The molecule has 4 aromatic rings. The van der Waals surface area contributed by atoms with E-state index in [1.165, 1.54) is 37.5 Å². The number of aliphatic carboxylic acids is 1. The number of carboxylic acids is 1. The van der Waals surface area contributed by atoms with Crippen molar-refractivity contribution < 1.29 is 69.4 Å². The number of ether oxygens (including phenoxy) is 1. The average molecular weight is 629 g/mol. The van der Waals surface area contributed by atoms with E-state index in [1.807, 2.05) is 13.8 Å². The van der Waals surface area contributed by atoms with E-state index in [-0.39, 0.29) is 49.1 Å². The second-order valence-corrected chi connectivity index (χ2v) is 10.6. The molecule has 1 aromatic heterocycles. The van der Waals surface area contributed by atoms with Gasteiger partial charge in [-0.15, -0.1) is 0 Å². The molecule has 0 unspecified atom stereocenters. The van der Waals surface area contributed by atoms with E-state index in [1.54, 1.807) is 59.2 Å². The van der Waals surface area contributed by atoms with Crippen LogP contribution in [0.1, 0.15) is 50.3 Å². The van der Waals surface area contributed by atoms with Gasteiger partial charge in [0.05, 0.1) is 25.7 Å². The predicted molar refractivity (Wildman–Crippen MR) is 166 cm³/mol. The molecule has 2 atom stereocenters. The molecule has 0 spiro atoms. The zero-order valence-corrected chi connectivity index (χ0v) is 27.5. The third-order valence-electron chi connectivity index (χ3n) is 6.97. The van der Waals surface area contributed by atoms with E-state index in [9.17, 15) is 28.6 Å². The van der Waals surface area contributed by atoms with Gasteiger partial charge < -0.3 is 31.4 Å². The molecule has 4 rings (SSSR count). The molecule has 0 aliphatic rings. The molecule has 0 radical (unpaired) electrons. The van der Waals surface area contributed by atoms with Crippen molar-refractivity contribution in [3.05, 3.63) is 102 Å². The van der Waals surface area contributed by atoms with Gasteiger partial charge in [0.1, 0.15) is 23.1 Å². The maximum atomic E-state index is 14.2. The number of nitrogens with one attached hydrogen (secondary N) is 1. The first-order valence-corrected chi connectivity index (χ1v) is 14.0. The van der Waals surface area contributed by atoms with Crippen LogP contribution in [0.4, 0.5) is 14.5 Å². The molecule has 1 amide bonds. The zero-order chi connectivity index (χ0) is 32.0. The average Bonchev–Trinajstić information content (AvgIpc) is 3.32. The minimum absolute atomic E-state index is 0. The normalized spacial score (nSPS) is 12.5. The number of aliphatic hydroxyl groups is 2. The number of halogens is 2. The first kappa shape index (κ1) is 35.7. The maximum Gasteiger partial charge on any atom is 1.00 e. The van der Waals surface area contributed by atoms with Crippen LogP contribution in [0.2, 0.25) is 0 Å². The second-order valence-electron chi connectivity index (χ2n) is 10.6. The Morgan fingerprint density at radius 2 is 1.53 bits per heavy atom. The fourth-order valence-electron chi connectivity index (χ4n) is 5.07. The summed E-state index contributed by atoms with van der Waals surface area (Å²) in [5.41, 5.74) is 3.23. The summed E-state index contributed by atoms with van der Waals surface area (Å²) in [6.07, 6.45) is -0.261. The van der Waals surface area contributed by atoms with Crippen LogP contribution in [0.15, 0.2) is 78.9 Å². The maximum absolute atomic E-state index is 14.2. The van der Waals surface area contributed by atoms with Gasteiger partial charge in [-0.2, -0.15) is 0 Å². The summed E-state index contributed by atoms with van der Waals surface area (Å²) in [5.74, 6) is -2.07. The van der Waals surface area contributed by atoms with Crippen LogP contribution in [0.3, 0.4) is 0 Å². The Morgan fingerprint density at radius 1 is 0.956 bits per heavy atom. The molecule has 1 heterocycles. The van der Waals surface area contributed by atoms with Crippen molar-refractivity contribution in [2.45, 2.75) is 44.9 Å². The van der Waals surface area contributed by atoms with Crippen LogP contribution in [0.5, 0.6) is 5.75 Å². The number of amides is 1. The molecule has 8 nitrogen and oxygen atoms in total. The number of carbonyl (C=O) groups excluding carboxylic acids is 1. The number of rotatable bonds is 12. The van der Waals surface area contributed by atoms with Crippen molar-refractivity contribution >= 4 is 23.6 Å². The van der Waals surface area contributed by atoms with Crippen molar-refractivity contribution in [3.8, 4) is 28.0 Å². The van der Waals surface area contributed by atoms with Crippen molar-refractivity contribution in [3.63, 3.8) is 0 Å². The Bertz CT molecular complexity index is 1660. The van der Waals surface area contributed by atoms with Crippen LogP contribution in [0.25, 0.3) is 28.3 Å². The van der Waals surface area contributed by atoms with Gasteiger partial charge in [-0.25, -0.2) is 8.78 Å². The summed E-state index contributed by atoms with van der Waals surface area (Å²) in [7, 11) is 1.51. The van der Waals surface area contributed by atoms with Crippen LogP contribution < -0.4 is 39.6 Å². The quantitative estimate of drug-likeness (QED) is 0.178. The monoisotopic (exact) mass is 628 g/mol. The fraction of sp³-hybridized carbons (Fsp3) is 0.235. The van der Waals surface area contributed by atoms with Gasteiger partial charge in [0.25, 0.3) is 5.91 Å². The molecular weight excluding hydrogens is 593 g/mol. The zero-order valence-electron chi connectivity index (χ0n) is 26.5. The third kappa shape index (κ3) is 8.90. The molecule has 45 heavy (non-hydrogen) atoms. The van der Waals surface area contributed by atoms with Gasteiger partial charge in [-0.1, -0.05) is 36.4 Å². The molecule has 11 heteroatoms. The van der Waals surface area contributed by atoms with Gasteiger partial charge in [0, 0.05) is 41.0 Å². The molecule has 0 saturated heterocycles. The summed E-state index contributed by atoms with van der Waals surface area (Å²) < 4.78 is 35.2. The summed E-state index contributed by atoms with van der Waals surface area (Å²) >= 11 is 0. The van der Waals surface area contributed by atoms with Gasteiger partial charge in [0.2, 0.25) is 0 Å². The second kappa shape index (κ2) is 16.0. The Hall–Kier alpha value is -3.80. The van der Waals surface area contributed by atoms with Crippen LogP contribution >= 0.6 is 0 Å². The summed E-state index contributed by atoms with van der Waals surface area (Å²) in [5, 5.41) is 32.6. The van der Waals surface area contributed by atoms with Gasteiger partial charge in [0.15, 0.2) is 0 Å². The first-order chi connectivity index (χ1) is 21.0. The van der Waals surface area contributed by atoms with E-state index in [0.29, 0.717) is 39.4 Å². The van der Waals surface area contributed by atoms with E-state index >= 15 is 0 Å². The molecule has 0 aliphatic heterocycles. The number of aliphatic hydroxyl groups excluding tert-OH is 2. The number of methoxy groups -OCH3 is 1. The van der Waals surface area contributed by atoms with E-state index < -0.39 is 42.1 Å². The van der Waals surface area contributed by atoms with Crippen LogP contribution in [-0.4, -0.2) is 51.1 Å². The Kier molecular flexibility index (Phi) is 12.7. The van der Waals surface area contributed by atoms with Crippen LogP contribution in [-0.2, 0) is 4.79 Å².